The summed E-state index contributed by atoms with van der Waals surface area (Å²) in [6.45, 7) is 3.95. The van der Waals surface area contributed by atoms with E-state index < -0.39 is 0 Å². The molecule has 0 saturated carbocycles. The van der Waals surface area contributed by atoms with Crippen molar-refractivity contribution in [1.82, 2.24) is 15.1 Å². The summed E-state index contributed by atoms with van der Waals surface area (Å²) in [4.78, 5) is 17.2. The van der Waals surface area contributed by atoms with Gasteiger partial charge < -0.3 is 10.2 Å². The van der Waals surface area contributed by atoms with Crippen molar-refractivity contribution in [3.8, 4) is 0 Å². The van der Waals surface area contributed by atoms with Crippen molar-refractivity contribution in [3.63, 3.8) is 0 Å². The summed E-state index contributed by atoms with van der Waals surface area (Å²) in [6.07, 6.45) is 2.22. The minimum absolute atomic E-state index is 0. The third-order valence-electron chi connectivity index (χ3n) is 5.25. The van der Waals surface area contributed by atoms with Crippen LogP contribution in [0.2, 0.25) is 5.02 Å². The number of amides is 1. The summed E-state index contributed by atoms with van der Waals surface area (Å²) in [5.41, 5.74) is 0.971. The standard InChI is InChI=1S/C18H26ClN3O.2ClH/c1-21(2)17(13-4-3-5-16(19)10-13)18(23)22-8-6-14-11-20-12-15(14)7-9-22;;/h3-5,10,14-15,17,20H,6-9,11-12H2,1-2H3;2*1H/t14-,15+,17?;;. The summed E-state index contributed by atoms with van der Waals surface area (Å²) < 4.78 is 0. The first kappa shape index (κ1) is 22.5. The van der Waals surface area contributed by atoms with E-state index in [1.165, 1.54) is 0 Å². The maximum absolute atomic E-state index is 13.1. The van der Waals surface area contributed by atoms with Gasteiger partial charge in [0.2, 0.25) is 5.91 Å². The second-order valence-corrected chi connectivity index (χ2v) is 7.44. The molecule has 3 atom stereocenters. The molecule has 3 rings (SSSR count). The number of carbonyl (C=O) groups excluding carboxylic acids is 1. The number of nitrogens with zero attached hydrogens (tertiary/aromatic N) is 2. The van der Waals surface area contributed by atoms with Gasteiger partial charge in [-0.25, -0.2) is 0 Å². The smallest absolute Gasteiger partial charge is 0.244 e. The molecule has 0 aliphatic carbocycles. The maximum atomic E-state index is 13.1. The molecule has 4 nitrogen and oxygen atoms in total. The average Bonchev–Trinajstić information content (AvgIpc) is 2.85. The molecule has 2 aliphatic heterocycles. The predicted molar refractivity (Wildman–Crippen MR) is 108 cm³/mol. The van der Waals surface area contributed by atoms with Crippen LogP contribution >= 0.6 is 36.4 Å². The third-order valence-corrected chi connectivity index (χ3v) is 5.48. The first-order chi connectivity index (χ1) is 11.1. The molecule has 2 fully saturated rings. The average molecular weight is 409 g/mol. The zero-order chi connectivity index (χ0) is 16.4. The normalized spacial score (nSPS) is 23.9. The first-order valence-electron chi connectivity index (χ1n) is 8.47. The van der Waals surface area contributed by atoms with E-state index in [9.17, 15) is 4.79 Å². The van der Waals surface area contributed by atoms with Crippen LogP contribution in [0.3, 0.4) is 0 Å². The van der Waals surface area contributed by atoms with Crippen LogP contribution in [0.15, 0.2) is 24.3 Å². The van der Waals surface area contributed by atoms with E-state index in [1.54, 1.807) is 0 Å². The summed E-state index contributed by atoms with van der Waals surface area (Å²) >= 11 is 6.12. The summed E-state index contributed by atoms with van der Waals surface area (Å²) in [5.74, 6) is 1.67. The number of halogens is 3. The molecule has 0 spiro atoms. The molecule has 1 unspecified atom stereocenters. The van der Waals surface area contributed by atoms with Crippen molar-refractivity contribution in [2.45, 2.75) is 18.9 Å². The minimum atomic E-state index is -0.259. The number of hydrogen-bond donors (Lipinski definition) is 1. The van der Waals surface area contributed by atoms with Crippen LogP contribution in [0.5, 0.6) is 0 Å². The first-order valence-corrected chi connectivity index (χ1v) is 8.85. The molecule has 1 amide bonds. The Morgan fingerprint density at radius 3 is 2.32 bits per heavy atom. The Bertz CT molecular complexity index is 556. The highest BCUT2D eigenvalue weighted by Crippen LogP contribution is 2.30. The van der Waals surface area contributed by atoms with Gasteiger partial charge in [0, 0.05) is 18.1 Å². The number of carbonyl (C=O) groups is 1. The van der Waals surface area contributed by atoms with E-state index in [2.05, 4.69) is 10.2 Å². The zero-order valence-electron chi connectivity index (χ0n) is 14.8. The van der Waals surface area contributed by atoms with Gasteiger partial charge in [-0.2, -0.15) is 0 Å². The Hall–Kier alpha value is -0.520. The van der Waals surface area contributed by atoms with Crippen LogP contribution in [-0.2, 0) is 4.79 Å². The van der Waals surface area contributed by atoms with Crippen molar-refractivity contribution < 1.29 is 4.79 Å². The van der Waals surface area contributed by atoms with E-state index in [4.69, 9.17) is 11.6 Å². The molecule has 142 valence electrons. The number of nitrogens with one attached hydrogen (secondary N) is 1. The molecular weight excluding hydrogens is 381 g/mol. The number of likely N-dealkylation sites (N-methyl/N-ethyl adjacent to an activating group) is 1. The molecule has 2 aliphatic rings. The van der Waals surface area contributed by atoms with Crippen molar-refractivity contribution in [3.05, 3.63) is 34.9 Å². The molecule has 7 heteroatoms. The summed E-state index contributed by atoms with van der Waals surface area (Å²) in [6, 6.07) is 7.40. The number of benzene rings is 1. The molecule has 1 aromatic rings. The minimum Gasteiger partial charge on any atom is -0.341 e. The van der Waals surface area contributed by atoms with E-state index in [0.29, 0.717) is 5.02 Å². The fourth-order valence-electron chi connectivity index (χ4n) is 3.95. The Kier molecular flexibility index (Phi) is 8.99. The number of rotatable bonds is 3. The van der Waals surface area contributed by atoms with E-state index in [-0.39, 0.29) is 36.8 Å². The van der Waals surface area contributed by atoms with Crippen molar-refractivity contribution in [2.24, 2.45) is 11.8 Å². The molecule has 25 heavy (non-hydrogen) atoms. The third kappa shape index (κ3) is 5.24. The molecular formula is C18H28Cl3N3O. The van der Waals surface area contributed by atoms with Crippen LogP contribution in [0, 0.1) is 11.8 Å². The van der Waals surface area contributed by atoms with Gasteiger partial charge in [-0.1, -0.05) is 23.7 Å². The summed E-state index contributed by atoms with van der Waals surface area (Å²) in [5, 5.41) is 4.16. The quantitative estimate of drug-likeness (QED) is 0.834. The number of hydrogen-bond acceptors (Lipinski definition) is 3. The van der Waals surface area contributed by atoms with Crippen LogP contribution in [-0.4, -0.2) is 56.0 Å². The maximum Gasteiger partial charge on any atom is 0.244 e. The molecule has 1 aromatic carbocycles. The molecule has 0 aromatic heterocycles. The van der Waals surface area contributed by atoms with Gasteiger partial charge in [0.05, 0.1) is 0 Å². The van der Waals surface area contributed by atoms with Crippen molar-refractivity contribution in [1.29, 1.82) is 0 Å². The molecule has 0 bridgehead atoms. The lowest BCUT2D eigenvalue weighted by Crippen LogP contribution is -2.41. The second-order valence-electron chi connectivity index (χ2n) is 7.00. The number of likely N-dealkylation sites (tertiary alicyclic amines) is 1. The van der Waals surface area contributed by atoms with E-state index in [0.717, 1.165) is 56.4 Å². The lowest BCUT2D eigenvalue weighted by Gasteiger charge is -2.30. The highest BCUT2D eigenvalue weighted by atomic mass is 35.5. The molecule has 2 saturated heterocycles. The Morgan fingerprint density at radius 1 is 1.20 bits per heavy atom. The van der Waals surface area contributed by atoms with Gasteiger partial charge in [0.1, 0.15) is 6.04 Å². The monoisotopic (exact) mass is 407 g/mol. The highest BCUT2D eigenvalue weighted by Gasteiger charge is 2.34. The topological polar surface area (TPSA) is 35.6 Å². The fourth-order valence-corrected chi connectivity index (χ4v) is 4.15. The lowest BCUT2D eigenvalue weighted by molar-refractivity contribution is -0.136. The second kappa shape index (κ2) is 9.98. The summed E-state index contributed by atoms with van der Waals surface area (Å²) in [7, 11) is 3.92. The van der Waals surface area contributed by atoms with Crippen LogP contribution < -0.4 is 5.32 Å². The number of fused-ring (bicyclic) bond motifs is 1. The van der Waals surface area contributed by atoms with Gasteiger partial charge >= 0.3 is 0 Å². The van der Waals surface area contributed by atoms with Gasteiger partial charge in [0.15, 0.2) is 0 Å². The van der Waals surface area contributed by atoms with E-state index in [1.807, 2.05) is 43.3 Å². The lowest BCUT2D eigenvalue weighted by atomic mass is 9.92. The molecule has 2 heterocycles. The highest BCUT2D eigenvalue weighted by molar-refractivity contribution is 6.30. The van der Waals surface area contributed by atoms with Gasteiger partial charge in [-0.3, -0.25) is 9.69 Å². The van der Waals surface area contributed by atoms with Gasteiger partial charge in [0.25, 0.3) is 0 Å². The Labute approximate surface area is 168 Å². The fraction of sp³-hybridized carbons (Fsp3) is 0.611. The largest absolute Gasteiger partial charge is 0.341 e. The van der Waals surface area contributed by atoms with Crippen LogP contribution in [0.25, 0.3) is 0 Å². The SMILES string of the molecule is CN(C)C(C(=O)N1CC[C@@H]2CNC[C@@H]2CC1)c1cccc(Cl)c1.Cl.Cl. The Morgan fingerprint density at radius 2 is 1.80 bits per heavy atom. The van der Waals surface area contributed by atoms with Crippen LogP contribution in [0.1, 0.15) is 24.4 Å². The van der Waals surface area contributed by atoms with Gasteiger partial charge in [-0.15, -0.1) is 24.8 Å². The van der Waals surface area contributed by atoms with Gasteiger partial charge in [-0.05, 0) is 69.6 Å². The van der Waals surface area contributed by atoms with E-state index >= 15 is 0 Å². The molecule has 1 N–H and O–H groups in total. The van der Waals surface area contributed by atoms with Crippen LogP contribution in [0.4, 0.5) is 0 Å². The zero-order valence-corrected chi connectivity index (χ0v) is 17.2. The Balaban J connectivity index is 0.00000156. The molecule has 0 radical (unpaired) electrons. The predicted octanol–water partition coefficient (Wildman–Crippen LogP) is 3.24. The van der Waals surface area contributed by atoms with Crippen molar-refractivity contribution in [2.75, 3.05) is 40.3 Å². The van der Waals surface area contributed by atoms with Crippen molar-refractivity contribution >= 4 is 42.3 Å².